The molecule has 2 aromatic carbocycles. The van der Waals surface area contributed by atoms with Crippen LogP contribution in [0.5, 0.6) is 0 Å². The first-order valence-electron chi connectivity index (χ1n) is 11.2. The minimum Gasteiger partial charge on any atom is -0.357 e. The smallest absolute Gasteiger partial charge is 0.211 e. The second-order valence-corrected chi connectivity index (χ2v) is 13.0. The predicted molar refractivity (Wildman–Crippen MR) is 158 cm³/mol. The number of azo groups is 1. The third-order valence-corrected chi connectivity index (χ3v) is 7.63. The summed E-state index contributed by atoms with van der Waals surface area (Å²) in [6, 6.07) is 24.0. The zero-order chi connectivity index (χ0) is 26.2. The highest BCUT2D eigenvalue weighted by atomic mass is 32.1. The number of thiol groups is 4. The molecule has 0 radical (unpaired) electrons. The van der Waals surface area contributed by atoms with E-state index in [1.165, 1.54) is 0 Å². The van der Waals surface area contributed by atoms with Gasteiger partial charge in [0.25, 0.3) is 0 Å². The van der Waals surface area contributed by atoms with Gasteiger partial charge in [0.15, 0.2) is 0 Å². The quantitative estimate of drug-likeness (QED) is 0.103. The number of hydrogen-bond donors (Lipinski definition) is 6. The van der Waals surface area contributed by atoms with Crippen molar-refractivity contribution >= 4 is 72.3 Å². The topological polar surface area (TPSA) is 104 Å². The Morgan fingerprint density at radius 2 is 1.06 bits per heavy atom. The number of aromatic amines is 2. The van der Waals surface area contributed by atoms with E-state index in [-0.39, 0.29) is 12.8 Å². The summed E-state index contributed by atoms with van der Waals surface area (Å²) in [6.07, 6.45) is 0.267. The van der Waals surface area contributed by atoms with Crippen LogP contribution in [0.3, 0.4) is 0 Å². The fraction of sp³-hybridized carbons (Fsp3) is 0.308. The summed E-state index contributed by atoms with van der Waals surface area (Å²) in [5.74, 6) is 0. The Bertz CT molecular complexity index is 1340. The van der Waals surface area contributed by atoms with Gasteiger partial charge in [-0.2, -0.15) is 46.0 Å². The second kappa shape index (κ2) is 9.75. The molecule has 4 aromatic rings. The molecule has 2 aromatic heterocycles. The molecule has 36 heavy (non-hydrogen) atoms. The maximum atomic E-state index is 9.94. The number of hydrogen-bond acceptors (Lipinski definition) is 8. The number of nitrogens with zero attached hydrogens (tertiary/aromatic N) is 4. The van der Waals surface area contributed by atoms with Crippen molar-refractivity contribution in [3.63, 3.8) is 0 Å². The number of fused-ring (bicyclic) bond motifs is 2. The summed E-state index contributed by atoms with van der Waals surface area (Å²) in [5.41, 5.74) is 3.60. The molecule has 184 valence electrons. The van der Waals surface area contributed by atoms with E-state index in [0.717, 1.165) is 33.2 Å². The number of nitrogens with one attached hydrogen (secondary N) is 2. The lowest BCUT2D eigenvalue weighted by Gasteiger charge is -2.30. The molecule has 0 aliphatic heterocycles. The maximum absolute atomic E-state index is 9.94. The second-order valence-electron chi connectivity index (χ2n) is 9.50. The highest BCUT2D eigenvalue weighted by molar-refractivity contribution is 7.83. The van der Waals surface area contributed by atoms with Gasteiger partial charge in [0.2, 0.25) is 9.74 Å². The third kappa shape index (κ3) is 5.57. The van der Waals surface area contributed by atoms with Crippen LogP contribution < -0.4 is 0 Å². The summed E-state index contributed by atoms with van der Waals surface area (Å²) >= 11 is 18.7. The highest BCUT2D eigenvalue weighted by Crippen LogP contribution is 2.43. The fourth-order valence-corrected chi connectivity index (χ4v) is 5.91. The van der Waals surface area contributed by atoms with Crippen LogP contribution in [0.25, 0.3) is 21.8 Å². The number of aromatic nitrogens is 2. The number of benzene rings is 2. The lowest BCUT2D eigenvalue weighted by atomic mass is 9.97. The van der Waals surface area contributed by atoms with Crippen LogP contribution in [0.4, 0.5) is 0 Å². The van der Waals surface area contributed by atoms with Crippen LogP contribution in [0.15, 0.2) is 70.9 Å². The standard InChI is InChI=1S/C26H26N6S4/c1-23(33,21-11-17-7-3-5-9-19(17)29-21)13-25(35,15-27)31-32-26(36,16-28)14-24(2,34)22-12-18-8-4-6-10-20(18)30-22/h3-12,29-30,33-36H,13-14H2,1-2H3. The van der Waals surface area contributed by atoms with Crippen LogP contribution in [0, 0.1) is 22.7 Å². The van der Waals surface area contributed by atoms with Crippen molar-refractivity contribution in [1.29, 1.82) is 10.5 Å². The molecule has 6 nitrogen and oxygen atoms in total. The minimum atomic E-state index is -1.53. The van der Waals surface area contributed by atoms with Gasteiger partial charge in [-0.15, -0.1) is 25.3 Å². The maximum Gasteiger partial charge on any atom is 0.211 e. The van der Waals surface area contributed by atoms with Crippen molar-refractivity contribution in [2.24, 2.45) is 10.2 Å². The van der Waals surface area contributed by atoms with Gasteiger partial charge in [0.05, 0.1) is 9.49 Å². The van der Waals surface area contributed by atoms with Crippen LogP contribution in [0.2, 0.25) is 0 Å². The molecule has 10 heteroatoms. The molecule has 0 saturated carbocycles. The van der Waals surface area contributed by atoms with E-state index in [2.05, 4.69) is 57.6 Å². The molecule has 0 aliphatic rings. The Morgan fingerprint density at radius 1 is 0.694 bits per heavy atom. The lowest BCUT2D eigenvalue weighted by Crippen LogP contribution is -2.31. The first-order valence-corrected chi connectivity index (χ1v) is 13.0. The Hall–Kier alpha value is -2.50. The predicted octanol–water partition coefficient (Wildman–Crippen LogP) is 7.17. The molecule has 0 bridgehead atoms. The van der Waals surface area contributed by atoms with Gasteiger partial charge < -0.3 is 9.97 Å². The number of H-pyrrole nitrogens is 2. The molecule has 0 aliphatic carbocycles. The van der Waals surface area contributed by atoms with E-state index in [9.17, 15) is 10.5 Å². The Morgan fingerprint density at radius 3 is 1.39 bits per heavy atom. The van der Waals surface area contributed by atoms with Crippen LogP contribution >= 0.6 is 50.5 Å². The van der Waals surface area contributed by atoms with Gasteiger partial charge in [-0.05, 0) is 48.9 Å². The fourth-order valence-electron chi connectivity index (χ4n) is 4.24. The highest BCUT2D eigenvalue weighted by Gasteiger charge is 2.40. The van der Waals surface area contributed by atoms with Gasteiger partial charge in [-0.25, -0.2) is 0 Å². The summed E-state index contributed by atoms with van der Waals surface area (Å²) in [4.78, 5) is 3.64. The van der Waals surface area contributed by atoms with Crippen LogP contribution in [0.1, 0.15) is 38.1 Å². The lowest BCUT2D eigenvalue weighted by molar-refractivity contribution is 0.492. The molecular weight excluding hydrogens is 525 g/mol. The normalized spacial score (nSPS) is 18.7. The molecule has 2 N–H and O–H groups in total. The molecule has 0 fully saturated rings. The first-order chi connectivity index (χ1) is 16.9. The summed E-state index contributed by atoms with van der Waals surface area (Å²) in [5, 5.41) is 30.4. The largest absolute Gasteiger partial charge is 0.357 e. The van der Waals surface area contributed by atoms with Crippen molar-refractivity contribution < 1.29 is 0 Å². The molecule has 2 heterocycles. The van der Waals surface area contributed by atoms with E-state index in [0.29, 0.717) is 0 Å². The van der Waals surface area contributed by atoms with E-state index in [1.807, 2.05) is 74.5 Å². The van der Waals surface area contributed by atoms with Gasteiger partial charge in [0, 0.05) is 35.3 Å². The Labute approximate surface area is 232 Å². The summed E-state index contributed by atoms with van der Waals surface area (Å²) < 4.78 is -1.55. The van der Waals surface area contributed by atoms with Crippen LogP contribution in [-0.2, 0) is 9.49 Å². The third-order valence-electron chi connectivity index (χ3n) is 6.14. The Balaban J connectivity index is 1.56. The van der Waals surface area contributed by atoms with Crippen molar-refractivity contribution in [3.05, 3.63) is 72.1 Å². The molecule has 4 rings (SSSR count). The van der Waals surface area contributed by atoms with Crippen molar-refractivity contribution in [1.82, 2.24) is 9.97 Å². The number of nitriles is 2. The first kappa shape index (κ1) is 26.6. The van der Waals surface area contributed by atoms with Gasteiger partial charge in [0.1, 0.15) is 12.1 Å². The molecule has 0 amide bonds. The van der Waals surface area contributed by atoms with E-state index in [1.54, 1.807) is 0 Å². The van der Waals surface area contributed by atoms with E-state index in [4.69, 9.17) is 25.3 Å². The summed E-state index contributed by atoms with van der Waals surface area (Å²) in [7, 11) is 0. The molecule has 0 saturated heterocycles. The number of para-hydroxylation sites is 2. The van der Waals surface area contributed by atoms with Crippen molar-refractivity contribution in [2.75, 3.05) is 0 Å². The zero-order valence-corrected chi connectivity index (χ0v) is 23.3. The van der Waals surface area contributed by atoms with Crippen molar-refractivity contribution in [3.8, 4) is 12.1 Å². The number of rotatable bonds is 8. The average Bonchev–Trinajstić information content (AvgIpc) is 3.48. The molecule has 4 unspecified atom stereocenters. The van der Waals surface area contributed by atoms with E-state index >= 15 is 0 Å². The van der Waals surface area contributed by atoms with Gasteiger partial charge in [-0.1, -0.05) is 36.4 Å². The summed E-state index contributed by atoms with van der Waals surface area (Å²) in [6.45, 7) is 3.77. The average molecular weight is 551 g/mol. The Kier molecular flexibility index (Phi) is 7.20. The van der Waals surface area contributed by atoms with Gasteiger partial charge in [-0.3, -0.25) is 0 Å². The minimum absolute atomic E-state index is 0.133. The molecular formula is C26H26N6S4. The van der Waals surface area contributed by atoms with E-state index < -0.39 is 19.2 Å². The zero-order valence-electron chi connectivity index (χ0n) is 19.8. The van der Waals surface area contributed by atoms with Crippen LogP contribution in [-0.4, -0.2) is 19.7 Å². The van der Waals surface area contributed by atoms with Crippen molar-refractivity contribution in [2.45, 2.75) is 45.9 Å². The monoisotopic (exact) mass is 550 g/mol. The molecule has 4 atom stereocenters. The SMILES string of the molecule is CC(S)(CC(S)(C#N)N=NC(S)(C#N)CC(C)(S)c1cc2ccccc2[nH]1)c1cc2ccccc2[nH]1. The van der Waals surface area contributed by atoms with Gasteiger partial charge >= 0.3 is 0 Å². The molecule has 0 spiro atoms.